The number of hydrogen-bond acceptors (Lipinski definition) is 5. The molecule has 0 amide bonds. The predicted molar refractivity (Wildman–Crippen MR) is 108 cm³/mol. The van der Waals surface area contributed by atoms with Crippen molar-refractivity contribution in [2.45, 2.75) is 12.6 Å². The molecule has 0 spiro atoms. The van der Waals surface area contributed by atoms with Crippen LogP contribution in [0, 0.1) is 0 Å². The van der Waals surface area contributed by atoms with E-state index in [0.717, 1.165) is 21.9 Å². The Morgan fingerprint density at radius 1 is 1.10 bits per heavy atom. The van der Waals surface area contributed by atoms with E-state index in [9.17, 15) is 19.8 Å². The van der Waals surface area contributed by atoms with Crippen LogP contribution in [0.1, 0.15) is 33.2 Å². The largest absolute Gasteiger partial charge is 0.502 e. The van der Waals surface area contributed by atoms with Gasteiger partial charge in [0.1, 0.15) is 12.4 Å². The van der Waals surface area contributed by atoms with Gasteiger partial charge in [-0.25, -0.2) is 4.79 Å². The zero-order valence-electron chi connectivity index (χ0n) is 14.7. The van der Waals surface area contributed by atoms with E-state index in [1.165, 1.54) is 6.20 Å². The molecule has 1 aromatic heterocycles. The molecule has 0 saturated carbocycles. The van der Waals surface area contributed by atoms with Crippen molar-refractivity contribution in [2.75, 3.05) is 5.43 Å². The maximum absolute atomic E-state index is 11.7. The molecule has 3 N–H and O–H groups in total. The summed E-state index contributed by atoms with van der Waals surface area (Å²) in [5.74, 6) is -1.77. The average Bonchev–Trinajstić information content (AvgIpc) is 2.81. The third kappa shape index (κ3) is 3.50. The number of carboxylic acids is 1. The molecule has 0 radical (unpaired) electrons. The Balaban J connectivity index is 1.93. The Labute approximate surface area is 174 Å². The first-order valence-corrected chi connectivity index (χ1v) is 9.26. The number of pyridine rings is 1. The molecule has 0 bridgehead atoms. The molecule has 7 nitrogen and oxygen atoms in total. The molecule has 29 heavy (non-hydrogen) atoms. The molecule has 1 aliphatic heterocycles. The Morgan fingerprint density at radius 2 is 1.79 bits per heavy atom. The first-order chi connectivity index (χ1) is 13.8. The molecule has 2 aromatic carbocycles. The van der Waals surface area contributed by atoms with Crippen LogP contribution >= 0.6 is 23.2 Å². The lowest BCUT2D eigenvalue weighted by Gasteiger charge is -2.25. The number of fused-ring (bicyclic) bond motifs is 2. The van der Waals surface area contributed by atoms with Crippen molar-refractivity contribution in [3.63, 3.8) is 0 Å². The summed E-state index contributed by atoms with van der Waals surface area (Å²) in [4.78, 5) is 23.4. The number of hydrogen-bond donors (Lipinski definition) is 3. The molecular weight excluding hydrogens is 419 g/mol. The van der Waals surface area contributed by atoms with Gasteiger partial charge in [0.05, 0.1) is 6.04 Å². The minimum atomic E-state index is -1.46. The van der Waals surface area contributed by atoms with Crippen LogP contribution in [-0.4, -0.2) is 20.9 Å². The van der Waals surface area contributed by atoms with Crippen LogP contribution in [0.3, 0.4) is 0 Å². The first-order valence-electron chi connectivity index (χ1n) is 8.50. The number of rotatable bonds is 3. The zero-order valence-corrected chi connectivity index (χ0v) is 16.2. The molecule has 1 unspecified atom stereocenters. The van der Waals surface area contributed by atoms with E-state index in [0.29, 0.717) is 21.4 Å². The normalized spacial score (nSPS) is 14.9. The van der Waals surface area contributed by atoms with Crippen molar-refractivity contribution in [1.82, 2.24) is 4.68 Å². The van der Waals surface area contributed by atoms with E-state index >= 15 is 0 Å². The highest BCUT2D eigenvalue weighted by Crippen LogP contribution is 2.39. The Kier molecular flexibility index (Phi) is 4.86. The summed E-state index contributed by atoms with van der Waals surface area (Å²) in [5.41, 5.74) is 3.89. The Bertz CT molecular complexity index is 1140. The third-order valence-corrected chi connectivity index (χ3v) is 5.10. The summed E-state index contributed by atoms with van der Waals surface area (Å²) in [5, 5.41) is 20.5. The summed E-state index contributed by atoms with van der Waals surface area (Å²) >= 11 is 12.4. The molecule has 4 rings (SSSR count). The molecule has 2 heterocycles. The van der Waals surface area contributed by atoms with Crippen LogP contribution in [0.25, 0.3) is 0 Å². The maximum Gasteiger partial charge on any atom is 0.358 e. The average molecular weight is 433 g/mol. The lowest BCUT2D eigenvalue weighted by molar-refractivity contribution is 0.0681. The Hall–Kier alpha value is -3.16. The monoisotopic (exact) mass is 432 g/mol. The highest BCUT2D eigenvalue weighted by atomic mass is 35.5. The fraction of sp³-hybridized carbons (Fsp3) is 0.100. The van der Waals surface area contributed by atoms with E-state index in [1.807, 2.05) is 6.07 Å². The number of carbonyl (C=O) groups is 1. The second kappa shape index (κ2) is 7.35. The van der Waals surface area contributed by atoms with Gasteiger partial charge in [-0.05, 0) is 41.5 Å². The minimum Gasteiger partial charge on any atom is -0.502 e. The number of aromatic hydroxyl groups is 1. The van der Waals surface area contributed by atoms with E-state index < -0.39 is 28.9 Å². The van der Waals surface area contributed by atoms with Gasteiger partial charge >= 0.3 is 5.97 Å². The summed E-state index contributed by atoms with van der Waals surface area (Å²) in [7, 11) is 0. The fourth-order valence-electron chi connectivity index (χ4n) is 3.28. The second-order valence-corrected chi connectivity index (χ2v) is 7.30. The van der Waals surface area contributed by atoms with Gasteiger partial charge in [-0.2, -0.15) is 0 Å². The number of nitrogens with one attached hydrogen (secondary N) is 1. The molecule has 3 aromatic rings. The van der Waals surface area contributed by atoms with Crippen molar-refractivity contribution in [2.24, 2.45) is 0 Å². The summed E-state index contributed by atoms with van der Waals surface area (Å²) in [6.45, 7) is 0.278. The van der Waals surface area contributed by atoms with E-state index in [-0.39, 0.29) is 6.61 Å². The van der Waals surface area contributed by atoms with Gasteiger partial charge in [0.15, 0.2) is 11.4 Å². The molecule has 1 atom stereocenters. The van der Waals surface area contributed by atoms with Crippen LogP contribution in [0.5, 0.6) is 11.5 Å². The topological polar surface area (TPSA) is 101 Å². The number of ether oxygens (including phenoxy) is 1. The van der Waals surface area contributed by atoms with Gasteiger partial charge in [0, 0.05) is 27.9 Å². The van der Waals surface area contributed by atoms with Crippen LogP contribution in [0.4, 0.5) is 0 Å². The number of halogens is 2. The fourth-order valence-corrected chi connectivity index (χ4v) is 3.64. The smallest absolute Gasteiger partial charge is 0.358 e. The number of nitrogens with zero attached hydrogens (tertiary/aromatic N) is 1. The minimum absolute atomic E-state index is 0.278. The van der Waals surface area contributed by atoms with Crippen molar-refractivity contribution in [1.29, 1.82) is 0 Å². The third-order valence-electron chi connectivity index (χ3n) is 4.63. The predicted octanol–water partition coefficient (Wildman–Crippen LogP) is 3.78. The number of aromatic nitrogens is 1. The lowest BCUT2D eigenvalue weighted by atomic mass is 9.95. The first kappa shape index (κ1) is 19.2. The van der Waals surface area contributed by atoms with E-state index in [1.54, 1.807) is 30.3 Å². The summed E-state index contributed by atoms with van der Waals surface area (Å²) < 4.78 is 6.98. The van der Waals surface area contributed by atoms with Crippen molar-refractivity contribution in [3.8, 4) is 11.5 Å². The molecule has 148 valence electrons. The van der Waals surface area contributed by atoms with Gasteiger partial charge in [0.25, 0.3) is 0 Å². The van der Waals surface area contributed by atoms with Gasteiger partial charge < -0.3 is 20.4 Å². The molecule has 0 aliphatic carbocycles. The second-order valence-electron chi connectivity index (χ2n) is 6.43. The molecule has 1 aliphatic rings. The van der Waals surface area contributed by atoms with E-state index in [4.69, 9.17) is 27.9 Å². The lowest BCUT2D eigenvalue weighted by Crippen LogP contribution is -2.28. The Morgan fingerprint density at radius 3 is 2.52 bits per heavy atom. The molecular formula is C20H14Cl2N2O5. The zero-order chi connectivity index (χ0) is 20.7. The van der Waals surface area contributed by atoms with Gasteiger partial charge in [-0.1, -0.05) is 29.3 Å². The molecule has 0 saturated heterocycles. The number of benzene rings is 2. The van der Waals surface area contributed by atoms with Crippen LogP contribution in [0.2, 0.25) is 10.0 Å². The molecule has 0 fully saturated rings. The van der Waals surface area contributed by atoms with Crippen molar-refractivity contribution in [3.05, 3.63) is 91.3 Å². The van der Waals surface area contributed by atoms with Gasteiger partial charge in [-0.15, -0.1) is 0 Å². The SMILES string of the molecule is O=C(O)c1c(O)c(=O)ccn1NC1c2cc(Cl)ccc2COc2ccc(Cl)cc21. The van der Waals surface area contributed by atoms with Gasteiger partial charge in [-0.3, -0.25) is 9.47 Å². The maximum atomic E-state index is 11.7. The molecule has 9 heteroatoms. The highest BCUT2D eigenvalue weighted by Gasteiger charge is 2.27. The number of aromatic carboxylic acids is 1. The van der Waals surface area contributed by atoms with Crippen LogP contribution in [0.15, 0.2) is 53.5 Å². The summed E-state index contributed by atoms with van der Waals surface area (Å²) in [6.07, 6.45) is 1.24. The summed E-state index contributed by atoms with van der Waals surface area (Å²) in [6, 6.07) is 10.9. The number of carboxylic acid groups (broad SMARTS) is 1. The van der Waals surface area contributed by atoms with Crippen molar-refractivity contribution < 1.29 is 19.7 Å². The van der Waals surface area contributed by atoms with Crippen LogP contribution in [-0.2, 0) is 6.61 Å². The van der Waals surface area contributed by atoms with Gasteiger partial charge in [0.2, 0.25) is 5.43 Å². The van der Waals surface area contributed by atoms with E-state index in [2.05, 4.69) is 5.43 Å². The highest BCUT2D eigenvalue weighted by molar-refractivity contribution is 6.31. The van der Waals surface area contributed by atoms with Crippen molar-refractivity contribution >= 4 is 29.2 Å². The standard InChI is InChI=1S/C20H14Cl2N2O5/c21-11-2-1-10-9-29-16-4-3-12(22)8-14(16)17(13(10)7-11)23-24-6-5-15(25)19(26)18(24)20(27)28/h1-8,17,23,26H,9H2,(H,27,28). The van der Waals surface area contributed by atoms with Crippen LogP contribution < -0.4 is 15.6 Å². The quantitative estimate of drug-likeness (QED) is 0.581.